The summed E-state index contributed by atoms with van der Waals surface area (Å²) in [6.07, 6.45) is 6.26. The molecule has 3 rings (SSSR count). The third-order valence-corrected chi connectivity index (χ3v) is 5.25. The fourth-order valence-corrected chi connectivity index (χ4v) is 3.69. The molecule has 1 heterocycles. The zero-order valence-electron chi connectivity index (χ0n) is 14.5. The SMILES string of the molecule is CS(=O)(=O)Oc1ccc(CN(CC2CCCO2)C(=O)C2CCC2)cc1. The van der Waals surface area contributed by atoms with Gasteiger partial charge in [0.1, 0.15) is 5.75 Å². The molecule has 7 heteroatoms. The van der Waals surface area contributed by atoms with Gasteiger partial charge in [-0.2, -0.15) is 8.42 Å². The molecule has 2 aliphatic rings. The Morgan fingerprint density at radius 1 is 1.20 bits per heavy atom. The molecule has 0 spiro atoms. The maximum atomic E-state index is 12.7. The van der Waals surface area contributed by atoms with Gasteiger partial charge in [0.2, 0.25) is 5.91 Å². The average molecular weight is 367 g/mol. The molecule has 2 fully saturated rings. The minimum atomic E-state index is -3.53. The molecule has 0 radical (unpaired) electrons. The molecule has 1 aliphatic carbocycles. The molecule has 1 saturated carbocycles. The molecule has 6 nitrogen and oxygen atoms in total. The standard InChI is InChI=1S/C18H25NO5S/c1-25(21,22)24-16-9-7-14(8-10-16)12-19(13-17-6-3-11-23-17)18(20)15-4-2-5-15/h7-10,15,17H,2-6,11-13H2,1H3. The Kier molecular flexibility index (Phi) is 5.64. The highest BCUT2D eigenvalue weighted by molar-refractivity contribution is 7.86. The predicted octanol–water partition coefficient (Wildman–Crippen LogP) is 2.33. The smallest absolute Gasteiger partial charge is 0.306 e. The summed E-state index contributed by atoms with van der Waals surface area (Å²) in [5.74, 6) is 0.634. The first-order chi connectivity index (χ1) is 11.9. The van der Waals surface area contributed by atoms with Crippen molar-refractivity contribution in [3.8, 4) is 5.75 Å². The molecule has 1 aliphatic heterocycles. The van der Waals surface area contributed by atoms with Crippen LogP contribution < -0.4 is 4.18 Å². The average Bonchev–Trinajstić information content (AvgIpc) is 2.98. The van der Waals surface area contributed by atoms with E-state index in [1.54, 1.807) is 24.3 Å². The van der Waals surface area contributed by atoms with E-state index in [4.69, 9.17) is 8.92 Å². The van der Waals surface area contributed by atoms with E-state index in [0.29, 0.717) is 13.1 Å². The Morgan fingerprint density at radius 2 is 1.92 bits per heavy atom. The Hall–Kier alpha value is -1.60. The van der Waals surface area contributed by atoms with Gasteiger partial charge in [-0.25, -0.2) is 0 Å². The van der Waals surface area contributed by atoms with E-state index < -0.39 is 10.1 Å². The van der Waals surface area contributed by atoms with Gasteiger partial charge in [0.05, 0.1) is 12.4 Å². The molecule has 25 heavy (non-hydrogen) atoms. The lowest BCUT2D eigenvalue weighted by Gasteiger charge is -2.33. The van der Waals surface area contributed by atoms with Crippen molar-refractivity contribution in [1.82, 2.24) is 4.90 Å². The molecular weight excluding hydrogens is 342 g/mol. The molecule has 1 unspecified atom stereocenters. The summed E-state index contributed by atoms with van der Waals surface area (Å²) in [6, 6.07) is 6.84. The van der Waals surface area contributed by atoms with E-state index in [-0.39, 0.29) is 23.7 Å². The summed E-state index contributed by atoms with van der Waals surface area (Å²) in [5, 5.41) is 0. The van der Waals surface area contributed by atoms with Gasteiger partial charge >= 0.3 is 10.1 Å². The van der Waals surface area contributed by atoms with Crippen LogP contribution in [0, 0.1) is 5.92 Å². The quantitative estimate of drug-likeness (QED) is 0.692. The number of amides is 1. The fraction of sp³-hybridized carbons (Fsp3) is 0.611. The summed E-state index contributed by atoms with van der Waals surface area (Å²) in [5.41, 5.74) is 0.950. The summed E-state index contributed by atoms with van der Waals surface area (Å²) >= 11 is 0. The Bertz CT molecular complexity index is 691. The largest absolute Gasteiger partial charge is 0.383 e. The topological polar surface area (TPSA) is 72.9 Å². The minimum absolute atomic E-state index is 0.122. The first-order valence-electron chi connectivity index (χ1n) is 8.79. The second-order valence-electron chi connectivity index (χ2n) is 6.91. The van der Waals surface area contributed by atoms with Crippen molar-refractivity contribution < 1.29 is 22.1 Å². The van der Waals surface area contributed by atoms with E-state index in [1.807, 2.05) is 4.90 Å². The molecular formula is C18H25NO5S. The summed E-state index contributed by atoms with van der Waals surface area (Å²) < 4.78 is 32.9. The molecule has 0 bridgehead atoms. The highest BCUT2D eigenvalue weighted by atomic mass is 32.2. The van der Waals surface area contributed by atoms with Crippen molar-refractivity contribution in [3.05, 3.63) is 29.8 Å². The lowest BCUT2D eigenvalue weighted by molar-refractivity contribution is -0.140. The van der Waals surface area contributed by atoms with Crippen molar-refractivity contribution in [3.63, 3.8) is 0 Å². The lowest BCUT2D eigenvalue weighted by Crippen LogP contribution is -2.42. The first-order valence-corrected chi connectivity index (χ1v) is 10.6. The van der Waals surface area contributed by atoms with Crippen LogP contribution in [0.3, 0.4) is 0 Å². The van der Waals surface area contributed by atoms with Crippen LogP contribution in [-0.2, 0) is 26.2 Å². The van der Waals surface area contributed by atoms with Crippen molar-refractivity contribution in [2.75, 3.05) is 19.4 Å². The fourth-order valence-electron chi connectivity index (χ4n) is 3.23. The molecule has 1 aromatic rings. The van der Waals surface area contributed by atoms with Gasteiger partial charge in [0.25, 0.3) is 0 Å². The third-order valence-electron chi connectivity index (χ3n) is 4.76. The highest BCUT2D eigenvalue weighted by Gasteiger charge is 2.31. The second-order valence-corrected chi connectivity index (χ2v) is 8.49. The van der Waals surface area contributed by atoms with Gasteiger partial charge < -0.3 is 13.8 Å². The summed E-state index contributed by atoms with van der Waals surface area (Å²) in [7, 11) is -3.53. The molecule has 1 aromatic carbocycles. The van der Waals surface area contributed by atoms with Crippen LogP contribution in [0.15, 0.2) is 24.3 Å². The van der Waals surface area contributed by atoms with E-state index in [2.05, 4.69) is 0 Å². The van der Waals surface area contributed by atoms with E-state index in [9.17, 15) is 13.2 Å². The number of hydrogen-bond acceptors (Lipinski definition) is 5. The normalized spacial score (nSPS) is 20.9. The highest BCUT2D eigenvalue weighted by Crippen LogP contribution is 2.29. The number of hydrogen-bond donors (Lipinski definition) is 0. The van der Waals surface area contributed by atoms with Crippen molar-refractivity contribution >= 4 is 16.0 Å². The van der Waals surface area contributed by atoms with Gasteiger partial charge in [-0.05, 0) is 43.4 Å². The van der Waals surface area contributed by atoms with Crippen LogP contribution in [0.25, 0.3) is 0 Å². The number of nitrogens with zero attached hydrogens (tertiary/aromatic N) is 1. The van der Waals surface area contributed by atoms with Gasteiger partial charge in [-0.15, -0.1) is 0 Å². The van der Waals surface area contributed by atoms with Crippen LogP contribution in [-0.4, -0.2) is 44.7 Å². The van der Waals surface area contributed by atoms with Crippen molar-refractivity contribution in [1.29, 1.82) is 0 Å². The molecule has 0 N–H and O–H groups in total. The summed E-state index contributed by atoms with van der Waals surface area (Å²) in [4.78, 5) is 14.6. The van der Waals surface area contributed by atoms with Crippen LogP contribution >= 0.6 is 0 Å². The number of rotatable bonds is 7. The van der Waals surface area contributed by atoms with Gasteiger partial charge in [-0.3, -0.25) is 4.79 Å². The maximum absolute atomic E-state index is 12.7. The van der Waals surface area contributed by atoms with Crippen LogP contribution in [0.2, 0.25) is 0 Å². The Morgan fingerprint density at radius 3 is 2.44 bits per heavy atom. The molecule has 1 atom stereocenters. The number of benzene rings is 1. The molecule has 0 aromatic heterocycles. The van der Waals surface area contributed by atoms with Gasteiger partial charge in [-0.1, -0.05) is 18.6 Å². The number of carbonyl (C=O) groups excluding carboxylic acids is 1. The van der Waals surface area contributed by atoms with Gasteiger partial charge in [0, 0.05) is 25.6 Å². The van der Waals surface area contributed by atoms with Crippen LogP contribution in [0.5, 0.6) is 5.75 Å². The van der Waals surface area contributed by atoms with Crippen molar-refractivity contribution in [2.24, 2.45) is 5.92 Å². The predicted molar refractivity (Wildman–Crippen MR) is 93.6 cm³/mol. The van der Waals surface area contributed by atoms with Crippen molar-refractivity contribution in [2.45, 2.75) is 44.8 Å². The van der Waals surface area contributed by atoms with E-state index in [1.165, 1.54) is 0 Å². The van der Waals surface area contributed by atoms with Gasteiger partial charge in [0.15, 0.2) is 0 Å². The first kappa shape index (κ1) is 18.2. The zero-order valence-corrected chi connectivity index (χ0v) is 15.3. The lowest BCUT2D eigenvalue weighted by atomic mass is 9.84. The molecule has 1 amide bonds. The second kappa shape index (κ2) is 7.74. The van der Waals surface area contributed by atoms with Crippen LogP contribution in [0.1, 0.15) is 37.7 Å². The number of ether oxygens (including phenoxy) is 1. The third kappa shape index (κ3) is 5.19. The Labute approximate surface area is 149 Å². The molecule has 138 valence electrons. The zero-order chi connectivity index (χ0) is 17.9. The maximum Gasteiger partial charge on any atom is 0.306 e. The monoisotopic (exact) mass is 367 g/mol. The molecule has 1 saturated heterocycles. The van der Waals surface area contributed by atoms with E-state index in [0.717, 1.165) is 50.5 Å². The number of carbonyl (C=O) groups is 1. The minimum Gasteiger partial charge on any atom is -0.383 e. The summed E-state index contributed by atoms with van der Waals surface area (Å²) in [6.45, 7) is 1.90. The van der Waals surface area contributed by atoms with E-state index >= 15 is 0 Å². The Balaban J connectivity index is 1.66. The van der Waals surface area contributed by atoms with Crippen LogP contribution in [0.4, 0.5) is 0 Å².